The highest BCUT2D eigenvalue weighted by atomic mass is 19.4. The van der Waals surface area contributed by atoms with E-state index < -0.39 is 11.7 Å². The van der Waals surface area contributed by atoms with Crippen LogP contribution in [-0.4, -0.2) is 37.1 Å². The van der Waals surface area contributed by atoms with E-state index in [0.29, 0.717) is 25.3 Å². The highest BCUT2D eigenvalue weighted by Crippen LogP contribution is 2.29. The molecule has 1 aromatic rings. The zero-order chi connectivity index (χ0) is 14.6. The number of nitrogens with zero attached hydrogens (tertiary/aromatic N) is 2. The van der Waals surface area contributed by atoms with Crippen molar-refractivity contribution < 1.29 is 18.0 Å². The average Bonchev–Trinajstić information content (AvgIpc) is 2.67. The Hall–Kier alpha value is -1.76. The molecule has 0 aliphatic carbocycles. The van der Waals surface area contributed by atoms with Crippen molar-refractivity contribution >= 4 is 11.7 Å². The highest BCUT2D eigenvalue weighted by Gasteiger charge is 2.30. The molecule has 0 unspecified atom stereocenters. The molecule has 1 N–H and O–H groups in total. The molecule has 1 heterocycles. The first-order chi connectivity index (χ1) is 9.47. The third kappa shape index (κ3) is 3.86. The van der Waals surface area contributed by atoms with Gasteiger partial charge in [0.25, 0.3) is 0 Å². The van der Waals surface area contributed by atoms with E-state index in [1.165, 1.54) is 12.1 Å². The number of benzene rings is 1. The van der Waals surface area contributed by atoms with E-state index in [4.69, 9.17) is 0 Å². The number of nitrogens with one attached hydrogen (secondary N) is 1. The van der Waals surface area contributed by atoms with E-state index in [1.54, 1.807) is 4.90 Å². The Morgan fingerprint density at radius 3 is 2.50 bits per heavy atom. The molecule has 0 spiro atoms. The maximum Gasteiger partial charge on any atom is 0.416 e. The fraction of sp³-hybridized carbons (Fsp3) is 0.462. The minimum atomic E-state index is -4.37. The van der Waals surface area contributed by atoms with E-state index in [0.717, 1.165) is 25.1 Å². The van der Waals surface area contributed by atoms with Crippen LogP contribution >= 0.6 is 0 Å². The molecule has 0 atom stereocenters. The molecule has 1 radical (unpaired) electrons. The lowest BCUT2D eigenvalue weighted by molar-refractivity contribution is -0.137. The van der Waals surface area contributed by atoms with Crippen LogP contribution in [0.15, 0.2) is 24.3 Å². The smallest absolute Gasteiger partial charge is 0.323 e. The van der Waals surface area contributed by atoms with Crippen molar-refractivity contribution in [3.63, 3.8) is 0 Å². The Labute approximate surface area is 114 Å². The Kier molecular flexibility index (Phi) is 4.49. The molecule has 4 nitrogen and oxygen atoms in total. The third-order valence-corrected chi connectivity index (χ3v) is 3.02. The van der Waals surface area contributed by atoms with Crippen LogP contribution in [0.2, 0.25) is 0 Å². The van der Waals surface area contributed by atoms with Gasteiger partial charge in [0.2, 0.25) is 0 Å². The quantitative estimate of drug-likeness (QED) is 0.847. The van der Waals surface area contributed by atoms with E-state index in [2.05, 4.69) is 10.6 Å². The lowest BCUT2D eigenvalue weighted by atomic mass is 10.2. The van der Waals surface area contributed by atoms with Gasteiger partial charge in [-0.25, -0.2) is 10.1 Å². The second kappa shape index (κ2) is 6.13. The predicted molar refractivity (Wildman–Crippen MR) is 68.5 cm³/mol. The van der Waals surface area contributed by atoms with Crippen LogP contribution in [0.5, 0.6) is 0 Å². The van der Waals surface area contributed by atoms with Crippen LogP contribution < -0.4 is 10.6 Å². The van der Waals surface area contributed by atoms with Crippen LogP contribution in [0.25, 0.3) is 0 Å². The van der Waals surface area contributed by atoms with Gasteiger partial charge in [0.1, 0.15) is 0 Å². The summed E-state index contributed by atoms with van der Waals surface area (Å²) >= 11 is 0. The van der Waals surface area contributed by atoms with Gasteiger partial charge in [-0.15, -0.1) is 0 Å². The molecular weight excluding hydrogens is 271 g/mol. The van der Waals surface area contributed by atoms with Crippen molar-refractivity contribution in [3.05, 3.63) is 29.8 Å². The molecule has 2 rings (SSSR count). The van der Waals surface area contributed by atoms with Gasteiger partial charge in [0, 0.05) is 31.9 Å². The minimum Gasteiger partial charge on any atom is -0.323 e. The Morgan fingerprint density at radius 2 is 1.85 bits per heavy atom. The van der Waals surface area contributed by atoms with Crippen LogP contribution in [0.3, 0.4) is 0 Å². The molecule has 0 saturated carbocycles. The maximum atomic E-state index is 12.4. The summed E-state index contributed by atoms with van der Waals surface area (Å²) in [7, 11) is 0. The van der Waals surface area contributed by atoms with Crippen molar-refractivity contribution in [2.45, 2.75) is 12.6 Å². The highest BCUT2D eigenvalue weighted by molar-refractivity contribution is 5.89. The predicted octanol–water partition coefficient (Wildman–Crippen LogP) is 2.55. The lowest BCUT2D eigenvalue weighted by Crippen LogP contribution is -2.37. The van der Waals surface area contributed by atoms with E-state index in [1.807, 2.05) is 0 Å². The number of carbonyl (C=O) groups excluding carboxylic acids is 1. The zero-order valence-electron chi connectivity index (χ0n) is 10.8. The SMILES string of the molecule is O=C(Nc1ccc(C(F)(F)F)cc1)N1CCC[N]CC1. The normalized spacial score (nSPS) is 16.6. The van der Waals surface area contributed by atoms with Gasteiger partial charge in [-0.1, -0.05) is 0 Å². The summed E-state index contributed by atoms with van der Waals surface area (Å²) < 4.78 is 37.2. The number of urea groups is 1. The first kappa shape index (κ1) is 14.6. The summed E-state index contributed by atoms with van der Waals surface area (Å²) in [6, 6.07) is 4.11. The summed E-state index contributed by atoms with van der Waals surface area (Å²) in [4.78, 5) is 13.6. The number of alkyl halides is 3. The Balaban J connectivity index is 1.97. The van der Waals surface area contributed by atoms with Gasteiger partial charge >= 0.3 is 12.2 Å². The standard InChI is InChI=1S/C13H15F3N3O/c14-13(15,16)10-2-4-11(5-3-10)18-12(20)19-8-1-6-17-7-9-19/h2-5H,1,6-9H2,(H,18,20). The molecule has 7 heteroatoms. The number of hydrogen-bond donors (Lipinski definition) is 1. The summed E-state index contributed by atoms with van der Waals surface area (Å²) in [5.41, 5.74) is -0.381. The number of rotatable bonds is 1. The van der Waals surface area contributed by atoms with Crippen LogP contribution in [-0.2, 0) is 6.18 Å². The average molecular weight is 286 g/mol. The number of halogens is 3. The van der Waals surface area contributed by atoms with E-state index >= 15 is 0 Å². The van der Waals surface area contributed by atoms with Crippen molar-refractivity contribution in [3.8, 4) is 0 Å². The zero-order valence-corrected chi connectivity index (χ0v) is 10.8. The molecule has 0 bridgehead atoms. The molecule has 1 aromatic carbocycles. The number of carbonyl (C=O) groups is 1. The molecular formula is C13H15F3N3O. The van der Waals surface area contributed by atoms with Crippen LogP contribution in [0.4, 0.5) is 23.7 Å². The number of amides is 2. The summed E-state index contributed by atoms with van der Waals surface area (Å²) in [5, 5.41) is 6.80. The molecule has 0 aromatic heterocycles. The summed E-state index contributed by atoms with van der Waals surface area (Å²) in [6.45, 7) is 2.48. The Morgan fingerprint density at radius 1 is 1.15 bits per heavy atom. The number of anilines is 1. The first-order valence-corrected chi connectivity index (χ1v) is 6.33. The van der Waals surface area contributed by atoms with Crippen LogP contribution in [0.1, 0.15) is 12.0 Å². The second-order valence-electron chi connectivity index (χ2n) is 4.52. The van der Waals surface area contributed by atoms with Gasteiger partial charge in [0.05, 0.1) is 5.56 Å². The number of hydrogen-bond acceptors (Lipinski definition) is 1. The molecule has 2 amide bonds. The largest absolute Gasteiger partial charge is 0.416 e. The van der Waals surface area contributed by atoms with Crippen molar-refractivity contribution in [1.82, 2.24) is 10.2 Å². The van der Waals surface area contributed by atoms with Crippen LogP contribution in [0, 0.1) is 0 Å². The van der Waals surface area contributed by atoms with Crippen molar-refractivity contribution in [2.24, 2.45) is 0 Å². The Bertz CT molecular complexity index is 451. The lowest BCUT2D eigenvalue weighted by Gasteiger charge is -2.20. The van der Waals surface area contributed by atoms with Gasteiger partial charge in [0.15, 0.2) is 0 Å². The van der Waals surface area contributed by atoms with E-state index in [9.17, 15) is 18.0 Å². The summed E-state index contributed by atoms with van der Waals surface area (Å²) in [6.07, 6.45) is -3.56. The van der Waals surface area contributed by atoms with Crippen molar-refractivity contribution in [1.29, 1.82) is 0 Å². The fourth-order valence-corrected chi connectivity index (χ4v) is 1.94. The first-order valence-electron chi connectivity index (χ1n) is 6.33. The molecule has 1 saturated heterocycles. The van der Waals surface area contributed by atoms with E-state index in [-0.39, 0.29) is 6.03 Å². The van der Waals surface area contributed by atoms with Gasteiger partial charge < -0.3 is 10.2 Å². The monoisotopic (exact) mass is 286 g/mol. The topological polar surface area (TPSA) is 46.4 Å². The van der Waals surface area contributed by atoms with Crippen molar-refractivity contribution in [2.75, 3.05) is 31.5 Å². The maximum absolute atomic E-state index is 12.4. The fourth-order valence-electron chi connectivity index (χ4n) is 1.94. The molecule has 1 fully saturated rings. The molecule has 109 valence electrons. The minimum absolute atomic E-state index is 0.304. The summed E-state index contributed by atoms with van der Waals surface area (Å²) in [5.74, 6) is 0. The van der Waals surface area contributed by atoms with Gasteiger partial charge in [-0.05, 0) is 30.7 Å². The molecule has 1 aliphatic heterocycles. The third-order valence-electron chi connectivity index (χ3n) is 3.02. The second-order valence-corrected chi connectivity index (χ2v) is 4.52. The van der Waals surface area contributed by atoms with Gasteiger partial charge in [-0.3, -0.25) is 0 Å². The molecule has 1 aliphatic rings. The van der Waals surface area contributed by atoms with Gasteiger partial charge in [-0.2, -0.15) is 13.2 Å². The molecule has 20 heavy (non-hydrogen) atoms.